The topological polar surface area (TPSA) is 79.9 Å². The van der Waals surface area contributed by atoms with Gasteiger partial charge in [-0.2, -0.15) is 0 Å². The predicted molar refractivity (Wildman–Crippen MR) is 119 cm³/mol. The van der Waals surface area contributed by atoms with Gasteiger partial charge in [0.15, 0.2) is 0 Å². The maximum atomic E-state index is 12.4. The van der Waals surface area contributed by atoms with Crippen molar-refractivity contribution in [3.05, 3.63) is 65.7 Å². The molecule has 0 aromatic heterocycles. The Morgan fingerprint density at radius 1 is 1.03 bits per heavy atom. The number of nitrogens with zero attached hydrogens (tertiary/aromatic N) is 1. The molecular formula is C24H31N3O4. The molecule has 2 aromatic rings. The van der Waals surface area contributed by atoms with Gasteiger partial charge in [0.2, 0.25) is 5.91 Å². The number of morpholine rings is 1. The molecule has 1 saturated heterocycles. The molecule has 1 heterocycles. The van der Waals surface area contributed by atoms with Gasteiger partial charge < -0.3 is 20.1 Å². The number of hydrogen-bond acceptors (Lipinski definition) is 5. The third kappa shape index (κ3) is 7.08. The summed E-state index contributed by atoms with van der Waals surface area (Å²) in [6, 6.07) is 17.1. The Bertz CT molecular complexity index is 820. The van der Waals surface area contributed by atoms with Crippen LogP contribution in [0.4, 0.5) is 0 Å². The molecule has 166 valence electrons. The van der Waals surface area contributed by atoms with E-state index < -0.39 is 0 Å². The third-order valence-electron chi connectivity index (χ3n) is 5.38. The zero-order valence-electron chi connectivity index (χ0n) is 18.0. The number of nitrogens with one attached hydrogen (secondary N) is 2. The van der Waals surface area contributed by atoms with E-state index in [0.29, 0.717) is 44.7 Å². The smallest absolute Gasteiger partial charge is 0.251 e. The van der Waals surface area contributed by atoms with Crippen LogP contribution in [0, 0.1) is 0 Å². The van der Waals surface area contributed by atoms with Crippen LogP contribution in [-0.4, -0.2) is 63.2 Å². The number of methoxy groups -OCH3 is 1. The van der Waals surface area contributed by atoms with Crippen molar-refractivity contribution in [3.63, 3.8) is 0 Å². The highest BCUT2D eigenvalue weighted by atomic mass is 16.5. The van der Waals surface area contributed by atoms with Crippen molar-refractivity contribution in [1.82, 2.24) is 15.5 Å². The molecule has 3 rings (SSSR count). The van der Waals surface area contributed by atoms with Crippen molar-refractivity contribution >= 4 is 11.8 Å². The lowest BCUT2D eigenvalue weighted by Crippen LogP contribution is -2.43. The van der Waals surface area contributed by atoms with Crippen LogP contribution in [0.3, 0.4) is 0 Å². The summed E-state index contributed by atoms with van der Waals surface area (Å²) in [5.74, 6) is 0.680. The monoisotopic (exact) mass is 425 g/mol. The van der Waals surface area contributed by atoms with Gasteiger partial charge in [0.05, 0.1) is 26.4 Å². The fourth-order valence-electron chi connectivity index (χ4n) is 3.61. The molecule has 1 unspecified atom stereocenters. The molecule has 0 radical (unpaired) electrons. The Balaban J connectivity index is 1.46. The van der Waals surface area contributed by atoms with E-state index in [0.717, 1.165) is 24.4 Å². The Labute approximate surface area is 183 Å². The number of amides is 2. The van der Waals surface area contributed by atoms with Crippen LogP contribution in [0.15, 0.2) is 54.6 Å². The van der Waals surface area contributed by atoms with Crippen LogP contribution in [0.25, 0.3) is 0 Å². The summed E-state index contributed by atoms with van der Waals surface area (Å²) in [6.45, 7) is 4.05. The quantitative estimate of drug-likeness (QED) is 0.572. The van der Waals surface area contributed by atoms with Crippen molar-refractivity contribution in [1.29, 1.82) is 0 Å². The molecule has 1 fully saturated rings. The first-order valence-electron chi connectivity index (χ1n) is 10.7. The van der Waals surface area contributed by atoms with E-state index in [9.17, 15) is 9.59 Å². The molecule has 0 aliphatic carbocycles. The second kappa shape index (κ2) is 12.1. The number of benzene rings is 2. The number of hydrogen-bond donors (Lipinski definition) is 2. The predicted octanol–water partition coefficient (Wildman–Crippen LogP) is 2.39. The second-order valence-corrected chi connectivity index (χ2v) is 7.47. The Morgan fingerprint density at radius 2 is 1.74 bits per heavy atom. The Hall–Kier alpha value is -2.90. The fourth-order valence-corrected chi connectivity index (χ4v) is 3.61. The molecular weight excluding hydrogens is 394 g/mol. The van der Waals surface area contributed by atoms with Gasteiger partial charge >= 0.3 is 0 Å². The van der Waals surface area contributed by atoms with Crippen LogP contribution in [0.2, 0.25) is 0 Å². The van der Waals surface area contributed by atoms with E-state index in [1.165, 1.54) is 0 Å². The van der Waals surface area contributed by atoms with Crippen LogP contribution in [0.5, 0.6) is 5.75 Å². The van der Waals surface area contributed by atoms with Crippen LogP contribution >= 0.6 is 0 Å². The van der Waals surface area contributed by atoms with Crippen molar-refractivity contribution in [3.8, 4) is 5.75 Å². The van der Waals surface area contributed by atoms with E-state index in [1.54, 1.807) is 19.2 Å². The average molecular weight is 426 g/mol. The van der Waals surface area contributed by atoms with Gasteiger partial charge in [-0.25, -0.2) is 0 Å². The van der Waals surface area contributed by atoms with Gasteiger partial charge in [-0.1, -0.05) is 30.3 Å². The number of rotatable bonds is 10. The average Bonchev–Trinajstić information content (AvgIpc) is 2.83. The van der Waals surface area contributed by atoms with E-state index in [4.69, 9.17) is 9.47 Å². The zero-order valence-corrected chi connectivity index (χ0v) is 18.0. The van der Waals surface area contributed by atoms with E-state index >= 15 is 0 Å². The summed E-state index contributed by atoms with van der Waals surface area (Å²) in [5, 5.41) is 5.92. The highest BCUT2D eigenvalue weighted by Gasteiger charge is 2.23. The minimum absolute atomic E-state index is 0.0132. The molecule has 0 bridgehead atoms. The summed E-state index contributed by atoms with van der Waals surface area (Å²) >= 11 is 0. The van der Waals surface area contributed by atoms with E-state index in [-0.39, 0.29) is 17.9 Å². The molecule has 2 N–H and O–H groups in total. The maximum absolute atomic E-state index is 12.4. The molecule has 2 amide bonds. The second-order valence-electron chi connectivity index (χ2n) is 7.47. The first-order valence-corrected chi connectivity index (χ1v) is 10.7. The highest BCUT2D eigenvalue weighted by Crippen LogP contribution is 2.23. The van der Waals surface area contributed by atoms with Crippen LogP contribution in [0.1, 0.15) is 34.8 Å². The lowest BCUT2D eigenvalue weighted by molar-refractivity contribution is -0.121. The largest absolute Gasteiger partial charge is 0.497 e. The van der Waals surface area contributed by atoms with Gasteiger partial charge in [-0.05, 0) is 36.2 Å². The van der Waals surface area contributed by atoms with Gasteiger partial charge in [0.25, 0.3) is 5.91 Å². The molecule has 31 heavy (non-hydrogen) atoms. The van der Waals surface area contributed by atoms with Crippen molar-refractivity contribution in [2.75, 3.05) is 46.5 Å². The SMILES string of the molecule is COc1ccc(C(CNC(=O)CCCNC(=O)c2ccccc2)N2CCOCC2)cc1. The summed E-state index contributed by atoms with van der Waals surface area (Å²) in [5.41, 5.74) is 1.76. The third-order valence-corrected chi connectivity index (χ3v) is 5.38. The van der Waals surface area contributed by atoms with Gasteiger partial charge in [-0.15, -0.1) is 0 Å². The zero-order chi connectivity index (χ0) is 21.9. The number of ether oxygens (including phenoxy) is 2. The standard InChI is InChI=1S/C24H31N3O4/c1-30-21-11-9-19(10-12-21)22(27-14-16-31-17-15-27)18-26-23(28)8-5-13-25-24(29)20-6-3-2-4-7-20/h2-4,6-7,9-12,22H,5,8,13-18H2,1H3,(H,25,29)(H,26,28). The first-order chi connectivity index (χ1) is 15.2. The van der Waals surface area contributed by atoms with Gasteiger partial charge in [-0.3, -0.25) is 14.5 Å². The van der Waals surface area contributed by atoms with Crippen molar-refractivity contribution in [2.24, 2.45) is 0 Å². The summed E-state index contributed by atoms with van der Waals surface area (Å²) < 4.78 is 10.7. The number of carbonyl (C=O) groups is 2. The summed E-state index contributed by atoms with van der Waals surface area (Å²) in [7, 11) is 1.65. The van der Waals surface area contributed by atoms with Crippen molar-refractivity contribution in [2.45, 2.75) is 18.9 Å². The lowest BCUT2D eigenvalue weighted by atomic mass is 10.0. The fraction of sp³-hybridized carbons (Fsp3) is 0.417. The first kappa shape index (κ1) is 22.8. The molecule has 0 saturated carbocycles. The van der Waals surface area contributed by atoms with E-state index in [1.807, 2.05) is 42.5 Å². The normalized spacial score (nSPS) is 15.1. The molecule has 7 nitrogen and oxygen atoms in total. The Morgan fingerprint density at radius 3 is 2.42 bits per heavy atom. The highest BCUT2D eigenvalue weighted by molar-refractivity contribution is 5.94. The summed E-state index contributed by atoms with van der Waals surface area (Å²) in [4.78, 5) is 26.8. The van der Waals surface area contributed by atoms with Crippen LogP contribution < -0.4 is 15.4 Å². The summed E-state index contributed by atoms with van der Waals surface area (Å²) in [6.07, 6.45) is 0.961. The number of carbonyl (C=O) groups excluding carboxylic acids is 2. The minimum atomic E-state index is -0.118. The molecule has 7 heteroatoms. The van der Waals surface area contributed by atoms with Crippen LogP contribution in [-0.2, 0) is 9.53 Å². The van der Waals surface area contributed by atoms with Crippen molar-refractivity contribution < 1.29 is 19.1 Å². The Kier molecular flexibility index (Phi) is 8.87. The minimum Gasteiger partial charge on any atom is -0.497 e. The molecule has 2 aromatic carbocycles. The molecule has 1 aliphatic heterocycles. The van der Waals surface area contributed by atoms with Gasteiger partial charge in [0.1, 0.15) is 5.75 Å². The van der Waals surface area contributed by atoms with Gasteiger partial charge in [0, 0.05) is 38.2 Å². The molecule has 1 atom stereocenters. The van der Waals surface area contributed by atoms with E-state index in [2.05, 4.69) is 15.5 Å². The molecule has 0 spiro atoms. The lowest BCUT2D eigenvalue weighted by Gasteiger charge is -2.35. The maximum Gasteiger partial charge on any atom is 0.251 e. The molecule has 1 aliphatic rings.